The second-order valence-corrected chi connectivity index (χ2v) is 7.79. The van der Waals surface area contributed by atoms with Crippen molar-refractivity contribution in [3.05, 3.63) is 88.3 Å². The minimum Gasteiger partial charge on any atom is -0.504 e. The zero-order valence-electron chi connectivity index (χ0n) is 18.4. The smallest absolute Gasteiger partial charge is 0.344 e. The van der Waals surface area contributed by atoms with E-state index in [9.17, 15) is 14.7 Å². The van der Waals surface area contributed by atoms with Crippen LogP contribution in [0.25, 0.3) is 11.0 Å². The first kappa shape index (κ1) is 21.4. The number of ether oxygens (including phenoxy) is 3. The van der Waals surface area contributed by atoms with Crippen LogP contribution in [0.4, 0.5) is 5.69 Å². The molecule has 0 fully saturated rings. The predicted molar refractivity (Wildman–Crippen MR) is 125 cm³/mol. The van der Waals surface area contributed by atoms with Crippen molar-refractivity contribution in [3.63, 3.8) is 0 Å². The van der Waals surface area contributed by atoms with Gasteiger partial charge in [-0.05, 0) is 54.1 Å². The van der Waals surface area contributed by atoms with Gasteiger partial charge in [0.2, 0.25) is 0 Å². The summed E-state index contributed by atoms with van der Waals surface area (Å²) in [6.07, 6.45) is -1.08. The molecular weight excluding hydrogens is 438 g/mol. The third kappa shape index (κ3) is 3.59. The van der Waals surface area contributed by atoms with Crippen molar-refractivity contribution in [1.29, 1.82) is 0 Å². The third-order valence-electron chi connectivity index (χ3n) is 5.84. The van der Waals surface area contributed by atoms with E-state index in [1.807, 2.05) is 0 Å². The number of nitrogens with one attached hydrogen (secondary N) is 1. The second-order valence-electron chi connectivity index (χ2n) is 7.79. The van der Waals surface area contributed by atoms with Crippen LogP contribution in [0, 0.1) is 0 Å². The quantitative estimate of drug-likeness (QED) is 0.434. The Kier molecular flexibility index (Phi) is 5.33. The number of hydrogen-bond acceptors (Lipinski definition) is 7. The number of carbonyl (C=O) groups excluding carboxylic acids is 1. The number of phenolic OH excluding ortho intramolecular Hbond substituents is 1. The van der Waals surface area contributed by atoms with Gasteiger partial charge in [0, 0.05) is 5.69 Å². The van der Waals surface area contributed by atoms with Gasteiger partial charge in [0.1, 0.15) is 17.1 Å². The molecule has 0 aliphatic carbocycles. The van der Waals surface area contributed by atoms with E-state index < -0.39 is 23.6 Å². The molecule has 2 unspecified atom stereocenters. The van der Waals surface area contributed by atoms with Crippen LogP contribution in [-0.2, 0) is 4.79 Å². The third-order valence-corrected chi connectivity index (χ3v) is 5.84. The lowest BCUT2D eigenvalue weighted by Gasteiger charge is -2.19. The molecule has 2 heterocycles. The highest BCUT2D eigenvalue weighted by Crippen LogP contribution is 2.45. The van der Waals surface area contributed by atoms with E-state index in [1.165, 1.54) is 13.2 Å². The highest BCUT2D eigenvalue weighted by Gasteiger charge is 2.44. The minimum absolute atomic E-state index is 0.118. The topological polar surface area (TPSA) is 107 Å². The minimum atomic E-state index is -1.08. The maximum atomic E-state index is 13.4. The lowest BCUT2D eigenvalue weighted by molar-refractivity contribution is -0.122. The molecule has 0 saturated heterocycles. The van der Waals surface area contributed by atoms with E-state index in [0.717, 1.165) is 0 Å². The van der Waals surface area contributed by atoms with Gasteiger partial charge in [0.15, 0.2) is 17.6 Å². The maximum Gasteiger partial charge on any atom is 0.344 e. The largest absolute Gasteiger partial charge is 0.504 e. The van der Waals surface area contributed by atoms with E-state index in [1.54, 1.807) is 67.8 Å². The summed E-state index contributed by atoms with van der Waals surface area (Å²) in [6, 6.07) is 18.6. The number of phenols is 1. The summed E-state index contributed by atoms with van der Waals surface area (Å²) >= 11 is 0. The Labute approximate surface area is 194 Å². The first-order valence-electron chi connectivity index (χ1n) is 10.5. The van der Waals surface area contributed by atoms with E-state index in [2.05, 4.69) is 5.32 Å². The van der Waals surface area contributed by atoms with Crippen molar-refractivity contribution in [3.8, 4) is 23.0 Å². The average molecular weight is 459 g/mol. The molecule has 34 heavy (non-hydrogen) atoms. The Morgan fingerprint density at radius 3 is 2.47 bits per heavy atom. The van der Waals surface area contributed by atoms with Gasteiger partial charge in [-0.25, -0.2) is 4.79 Å². The fraction of sp³-hybridized carbons (Fsp3) is 0.154. The Morgan fingerprint density at radius 2 is 1.76 bits per heavy atom. The maximum absolute atomic E-state index is 13.4. The molecule has 0 saturated carbocycles. The molecule has 4 aromatic rings. The summed E-state index contributed by atoms with van der Waals surface area (Å²) in [5.74, 6) is -0.170. The summed E-state index contributed by atoms with van der Waals surface area (Å²) in [5.41, 5.74) is 1.03. The van der Waals surface area contributed by atoms with Gasteiger partial charge in [-0.2, -0.15) is 0 Å². The van der Waals surface area contributed by atoms with Crippen LogP contribution in [0.3, 0.4) is 0 Å². The lowest BCUT2D eigenvalue weighted by atomic mass is 9.88. The average Bonchev–Trinajstić information content (AvgIpc) is 3.26. The van der Waals surface area contributed by atoms with Crippen molar-refractivity contribution >= 4 is 22.6 Å². The number of aromatic hydroxyl groups is 1. The highest BCUT2D eigenvalue weighted by atomic mass is 16.5. The Hall–Kier alpha value is -4.46. The van der Waals surface area contributed by atoms with Gasteiger partial charge in [-0.15, -0.1) is 0 Å². The van der Waals surface area contributed by atoms with Gasteiger partial charge >= 0.3 is 5.63 Å². The molecule has 0 bridgehead atoms. The van der Waals surface area contributed by atoms with Crippen LogP contribution in [0.15, 0.2) is 75.9 Å². The zero-order valence-corrected chi connectivity index (χ0v) is 18.4. The van der Waals surface area contributed by atoms with Crippen molar-refractivity contribution < 1.29 is 28.5 Å². The highest BCUT2D eigenvalue weighted by molar-refractivity contribution is 5.97. The van der Waals surface area contributed by atoms with E-state index in [0.29, 0.717) is 33.7 Å². The van der Waals surface area contributed by atoms with E-state index in [4.69, 9.17) is 18.6 Å². The van der Waals surface area contributed by atoms with Crippen LogP contribution in [-0.4, -0.2) is 31.3 Å². The fourth-order valence-electron chi connectivity index (χ4n) is 4.21. The van der Waals surface area contributed by atoms with E-state index >= 15 is 0 Å². The number of methoxy groups -OCH3 is 2. The zero-order chi connectivity index (χ0) is 23.8. The molecule has 1 amide bonds. The van der Waals surface area contributed by atoms with Crippen LogP contribution < -0.4 is 25.2 Å². The number of carbonyl (C=O) groups is 1. The molecule has 3 aromatic carbocycles. The normalized spacial score (nSPS) is 16.5. The number of para-hydroxylation sites is 1. The van der Waals surface area contributed by atoms with Gasteiger partial charge in [0.05, 0.1) is 31.1 Å². The van der Waals surface area contributed by atoms with Crippen molar-refractivity contribution in [2.75, 3.05) is 19.5 Å². The molecule has 8 nitrogen and oxygen atoms in total. The van der Waals surface area contributed by atoms with Crippen LogP contribution in [0.5, 0.6) is 23.0 Å². The molecule has 0 spiro atoms. The van der Waals surface area contributed by atoms with Gasteiger partial charge in [-0.1, -0.05) is 18.2 Å². The summed E-state index contributed by atoms with van der Waals surface area (Å²) in [5, 5.41) is 13.8. The number of hydrogen-bond donors (Lipinski definition) is 2. The fourth-order valence-corrected chi connectivity index (χ4v) is 4.21. The van der Waals surface area contributed by atoms with Crippen LogP contribution in [0.2, 0.25) is 0 Å². The first-order valence-corrected chi connectivity index (χ1v) is 10.5. The SMILES string of the molecule is COc1ccc(NC(=O)C2Oc3c(c(=O)oc4ccccc34)C2c2ccc(OC)c(O)c2)cc1. The van der Waals surface area contributed by atoms with Crippen molar-refractivity contribution in [2.24, 2.45) is 0 Å². The molecule has 2 N–H and O–H groups in total. The monoisotopic (exact) mass is 459 g/mol. The standard InChI is InChI=1S/C26H21NO7/c1-31-16-10-8-15(9-11-16)27-25(29)24-21(14-7-12-20(32-2)18(28)13-14)22-23(34-24)17-5-3-4-6-19(17)33-26(22)30/h3-13,21,24,28H,1-2H3,(H,27,29). The number of fused-ring (bicyclic) bond motifs is 3. The number of benzene rings is 3. The molecule has 1 aromatic heterocycles. The molecule has 1 aliphatic heterocycles. The van der Waals surface area contributed by atoms with Gasteiger partial charge in [0.25, 0.3) is 5.91 Å². The summed E-state index contributed by atoms with van der Waals surface area (Å²) < 4.78 is 22.0. The lowest BCUT2D eigenvalue weighted by Crippen LogP contribution is -2.35. The van der Waals surface area contributed by atoms with Crippen LogP contribution in [0.1, 0.15) is 17.0 Å². The second kappa shape index (κ2) is 8.47. The van der Waals surface area contributed by atoms with Crippen molar-refractivity contribution in [1.82, 2.24) is 0 Å². The Bertz CT molecular complexity index is 1440. The summed E-state index contributed by atoms with van der Waals surface area (Å²) in [7, 11) is 3.00. The Balaban J connectivity index is 1.61. The molecule has 5 rings (SSSR count). The molecule has 172 valence electrons. The molecule has 1 aliphatic rings. The van der Waals surface area contributed by atoms with E-state index in [-0.39, 0.29) is 17.1 Å². The number of anilines is 1. The molecule has 8 heteroatoms. The predicted octanol–water partition coefficient (Wildman–Crippen LogP) is 4.05. The number of rotatable bonds is 5. The summed E-state index contributed by atoms with van der Waals surface area (Å²) in [6.45, 7) is 0. The Morgan fingerprint density at radius 1 is 1.00 bits per heavy atom. The molecular formula is C26H21NO7. The van der Waals surface area contributed by atoms with Gasteiger partial charge in [-0.3, -0.25) is 4.79 Å². The molecule has 2 atom stereocenters. The number of amides is 1. The summed E-state index contributed by atoms with van der Waals surface area (Å²) in [4.78, 5) is 26.4. The molecule has 0 radical (unpaired) electrons. The van der Waals surface area contributed by atoms with Gasteiger partial charge < -0.3 is 29.1 Å². The van der Waals surface area contributed by atoms with Crippen LogP contribution >= 0.6 is 0 Å². The van der Waals surface area contributed by atoms with Crippen molar-refractivity contribution in [2.45, 2.75) is 12.0 Å². The first-order chi connectivity index (χ1) is 16.5.